The van der Waals surface area contributed by atoms with Gasteiger partial charge in [0.2, 0.25) is 5.91 Å². The molecule has 0 aromatic heterocycles. The summed E-state index contributed by atoms with van der Waals surface area (Å²) in [7, 11) is 0. The second kappa shape index (κ2) is 10.1. The van der Waals surface area contributed by atoms with E-state index in [1.807, 2.05) is 84.9 Å². The van der Waals surface area contributed by atoms with Gasteiger partial charge in [0, 0.05) is 0 Å². The average Bonchev–Trinajstić information content (AvgIpc) is 2.83. The van der Waals surface area contributed by atoms with Crippen LogP contribution in [-0.2, 0) is 16.0 Å². The highest BCUT2D eigenvalue weighted by molar-refractivity contribution is 9.10. The largest absolute Gasteiger partial charge is 0.483 e. The van der Waals surface area contributed by atoms with Crippen LogP contribution in [0.5, 0.6) is 5.75 Å². The summed E-state index contributed by atoms with van der Waals surface area (Å²) in [4.78, 5) is 24.4. The zero-order valence-corrected chi connectivity index (χ0v) is 18.8. The number of rotatable bonds is 6. The van der Waals surface area contributed by atoms with Crippen LogP contribution in [0.4, 0.5) is 0 Å². The number of hydrogen-bond acceptors (Lipinski definition) is 3. The van der Waals surface area contributed by atoms with Gasteiger partial charge < -0.3 is 4.74 Å². The Morgan fingerprint density at radius 3 is 2.28 bits per heavy atom. The molecule has 4 rings (SSSR count). The standard InChI is InChI=1S/C26H21BrN2O3/c27-23-15-20(18-7-2-1-3-8-18)13-14-24(23)32-17-26(31)29-28-25(30)16-21-11-6-10-19-9-4-5-12-22(19)21/h1-15H,16-17H2,(H,28,30)(H,29,31). The van der Waals surface area contributed by atoms with Crippen molar-refractivity contribution in [3.8, 4) is 16.9 Å². The first-order valence-corrected chi connectivity index (χ1v) is 10.9. The highest BCUT2D eigenvalue weighted by Gasteiger charge is 2.10. The highest BCUT2D eigenvalue weighted by atomic mass is 79.9. The van der Waals surface area contributed by atoms with Gasteiger partial charge in [0.05, 0.1) is 10.9 Å². The zero-order chi connectivity index (χ0) is 22.3. The van der Waals surface area contributed by atoms with Crippen LogP contribution in [0.3, 0.4) is 0 Å². The first-order chi connectivity index (χ1) is 15.6. The molecule has 0 saturated heterocycles. The number of carbonyl (C=O) groups excluding carboxylic acids is 2. The van der Waals surface area contributed by atoms with E-state index >= 15 is 0 Å². The number of amides is 2. The van der Waals surface area contributed by atoms with Crippen LogP contribution >= 0.6 is 15.9 Å². The summed E-state index contributed by atoms with van der Waals surface area (Å²) in [5.41, 5.74) is 7.87. The fourth-order valence-corrected chi connectivity index (χ4v) is 3.90. The number of hydrogen-bond donors (Lipinski definition) is 2. The van der Waals surface area contributed by atoms with Gasteiger partial charge in [-0.1, -0.05) is 78.9 Å². The SMILES string of the molecule is O=C(COc1ccc(-c2ccccc2)cc1Br)NNC(=O)Cc1cccc2ccccc12. The third-order valence-corrected chi connectivity index (χ3v) is 5.59. The Bertz CT molecular complexity index is 1250. The van der Waals surface area contributed by atoms with Gasteiger partial charge in [-0.05, 0) is 55.5 Å². The van der Waals surface area contributed by atoms with Crippen LogP contribution in [-0.4, -0.2) is 18.4 Å². The van der Waals surface area contributed by atoms with Crippen molar-refractivity contribution >= 4 is 38.5 Å². The molecular formula is C26H21BrN2O3. The van der Waals surface area contributed by atoms with Crippen LogP contribution in [0.15, 0.2) is 95.5 Å². The summed E-state index contributed by atoms with van der Waals surface area (Å²) in [5, 5.41) is 2.09. The number of carbonyl (C=O) groups is 2. The fraction of sp³-hybridized carbons (Fsp3) is 0.0769. The Labute approximate surface area is 194 Å². The van der Waals surface area contributed by atoms with Crippen molar-refractivity contribution in [3.63, 3.8) is 0 Å². The Balaban J connectivity index is 1.28. The molecule has 0 bridgehead atoms. The topological polar surface area (TPSA) is 67.4 Å². The molecule has 0 radical (unpaired) electrons. The van der Waals surface area contributed by atoms with Gasteiger partial charge in [0.1, 0.15) is 5.75 Å². The monoisotopic (exact) mass is 488 g/mol. The van der Waals surface area contributed by atoms with Crippen LogP contribution in [0.2, 0.25) is 0 Å². The Hall–Kier alpha value is -3.64. The molecule has 5 nitrogen and oxygen atoms in total. The normalized spacial score (nSPS) is 10.5. The molecule has 0 aliphatic carbocycles. The summed E-state index contributed by atoms with van der Waals surface area (Å²) in [6.45, 7) is -0.224. The summed E-state index contributed by atoms with van der Waals surface area (Å²) >= 11 is 3.49. The molecule has 0 saturated carbocycles. The second-order valence-electron chi connectivity index (χ2n) is 7.21. The summed E-state index contributed by atoms with van der Waals surface area (Å²) in [6.07, 6.45) is 0.162. The number of hydrazine groups is 1. The van der Waals surface area contributed by atoms with E-state index in [0.29, 0.717) is 5.75 Å². The lowest BCUT2D eigenvalue weighted by molar-refractivity contribution is -0.129. The first-order valence-electron chi connectivity index (χ1n) is 10.1. The van der Waals surface area contributed by atoms with Crippen LogP contribution in [0.25, 0.3) is 21.9 Å². The summed E-state index contributed by atoms with van der Waals surface area (Å²) in [6, 6.07) is 29.3. The Kier molecular flexibility index (Phi) is 6.82. The van der Waals surface area contributed by atoms with Gasteiger partial charge in [-0.3, -0.25) is 20.4 Å². The molecule has 160 valence electrons. The number of benzene rings is 4. The smallest absolute Gasteiger partial charge is 0.276 e. The lowest BCUT2D eigenvalue weighted by Gasteiger charge is -2.11. The van der Waals surface area contributed by atoms with E-state index < -0.39 is 5.91 Å². The van der Waals surface area contributed by atoms with Gasteiger partial charge in [-0.25, -0.2) is 0 Å². The van der Waals surface area contributed by atoms with Crippen LogP contribution in [0.1, 0.15) is 5.56 Å². The average molecular weight is 489 g/mol. The number of ether oxygens (including phenoxy) is 1. The van der Waals surface area contributed by atoms with Crippen LogP contribution < -0.4 is 15.6 Å². The van der Waals surface area contributed by atoms with E-state index in [1.54, 1.807) is 6.07 Å². The third-order valence-electron chi connectivity index (χ3n) is 4.97. The minimum atomic E-state index is -0.449. The molecule has 6 heteroatoms. The first kappa shape index (κ1) is 21.6. The van der Waals surface area contributed by atoms with E-state index in [9.17, 15) is 9.59 Å². The minimum Gasteiger partial charge on any atom is -0.483 e. The predicted molar refractivity (Wildman–Crippen MR) is 129 cm³/mol. The van der Waals surface area contributed by atoms with Crippen molar-refractivity contribution in [2.24, 2.45) is 0 Å². The maximum absolute atomic E-state index is 12.3. The molecule has 0 unspecified atom stereocenters. The number of halogens is 1. The van der Waals surface area contributed by atoms with Crippen LogP contribution in [0, 0.1) is 0 Å². The van der Waals surface area contributed by atoms with Crippen molar-refractivity contribution in [1.82, 2.24) is 10.9 Å². The van der Waals surface area contributed by atoms with E-state index in [1.165, 1.54) is 0 Å². The molecular weight excluding hydrogens is 468 g/mol. The molecule has 4 aromatic rings. The third kappa shape index (κ3) is 5.34. The van der Waals surface area contributed by atoms with Gasteiger partial charge in [0.25, 0.3) is 5.91 Å². The zero-order valence-electron chi connectivity index (χ0n) is 17.2. The van der Waals surface area contributed by atoms with Gasteiger partial charge in [0.15, 0.2) is 6.61 Å². The van der Waals surface area contributed by atoms with E-state index in [-0.39, 0.29) is 18.9 Å². The molecule has 0 aliphatic rings. The molecule has 2 amide bonds. The quantitative estimate of drug-likeness (QED) is 0.373. The minimum absolute atomic E-state index is 0.162. The maximum Gasteiger partial charge on any atom is 0.276 e. The van der Waals surface area contributed by atoms with Crippen molar-refractivity contribution in [3.05, 3.63) is 101 Å². The van der Waals surface area contributed by atoms with Gasteiger partial charge in [-0.15, -0.1) is 0 Å². The van der Waals surface area contributed by atoms with Crippen molar-refractivity contribution in [2.75, 3.05) is 6.61 Å². The molecule has 2 N–H and O–H groups in total. The lowest BCUT2D eigenvalue weighted by Crippen LogP contribution is -2.44. The predicted octanol–water partition coefficient (Wildman–Crippen LogP) is 5.04. The molecule has 0 heterocycles. The molecule has 0 spiro atoms. The number of nitrogens with one attached hydrogen (secondary N) is 2. The lowest BCUT2D eigenvalue weighted by atomic mass is 10.0. The van der Waals surface area contributed by atoms with Gasteiger partial charge >= 0.3 is 0 Å². The molecule has 32 heavy (non-hydrogen) atoms. The summed E-state index contributed by atoms with van der Waals surface area (Å²) < 4.78 is 6.33. The Morgan fingerprint density at radius 2 is 1.47 bits per heavy atom. The summed E-state index contributed by atoms with van der Waals surface area (Å²) in [5.74, 6) is -0.208. The molecule has 0 aliphatic heterocycles. The van der Waals surface area contributed by atoms with Crippen molar-refractivity contribution in [1.29, 1.82) is 0 Å². The van der Waals surface area contributed by atoms with Crippen molar-refractivity contribution < 1.29 is 14.3 Å². The Morgan fingerprint density at radius 1 is 0.750 bits per heavy atom. The second-order valence-corrected chi connectivity index (χ2v) is 8.07. The van der Waals surface area contributed by atoms with E-state index in [4.69, 9.17) is 4.74 Å². The van der Waals surface area contributed by atoms with Gasteiger partial charge in [-0.2, -0.15) is 0 Å². The fourth-order valence-electron chi connectivity index (χ4n) is 3.41. The highest BCUT2D eigenvalue weighted by Crippen LogP contribution is 2.30. The molecule has 0 fully saturated rings. The van der Waals surface area contributed by atoms with Crippen molar-refractivity contribution in [2.45, 2.75) is 6.42 Å². The molecule has 4 aromatic carbocycles. The van der Waals surface area contributed by atoms with E-state index in [0.717, 1.165) is 31.9 Å². The molecule has 0 atom stereocenters. The maximum atomic E-state index is 12.3. The number of fused-ring (bicyclic) bond motifs is 1. The van der Waals surface area contributed by atoms with E-state index in [2.05, 4.69) is 26.8 Å².